The number of hydrogen-bond donors (Lipinski definition) is 0. The number of fused-ring (bicyclic) bond motifs is 1. The quantitative estimate of drug-likeness (QED) is 0.592. The lowest BCUT2D eigenvalue weighted by Gasteiger charge is -2.36. The molecule has 4 fully saturated rings. The summed E-state index contributed by atoms with van der Waals surface area (Å²) in [5.74, 6) is 2.25. The first-order valence-corrected chi connectivity index (χ1v) is 13.5. The second kappa shape index (κ2) is 9.57. The SMILES string of the molecule is CN(C(=O)C1[C@H]2CN(C3CCC(c4ccccc4)CC3)C[C@@H]12)[C@H]1CCN(c2ncc(C(F)(F)F)cn2)C1. The number of anilines is 1. The lowest BCUT2D eigenvalue weighted by molar-refractivity contribution is -0.138. The summed E-state index contributed by atoms with van der Waals surface area (Å²) < 4.78 is 38.4. The zero-order valence-corrected chi connectivity index (χ0v) is 21.1. The number of likely N-dealkylation sites (tertiary alicyclic amines) is 1. The first kappa shape index (κ1) is 24.6. The van der Waals surface area contributed by atoms with Crippen LogP contribution in [0.4, 0.5) is 19.1 Å². The van der Waals surface area contributed by atoms with Crippen molar-refractivity contribution in [3.05, 3.63) is 53.9 Å². The predicted octanol–water partition coefficient (Wildman–Crippen LogP) is 4.44. The molecule has 1 aromatic carbocycles. The van der Waals surface area contributed by atoms with Crippen LogP contribution in [-0.2, 0) is 11.0 Å². The molecule has 1 unspecified atom stereocenters. The van der Waals surface area contributed by atoms with Crippen molar-refractivity contribution in [3.8, 4) is 0 Å². The molecular weight excluding hydrogens is 479 g/mol. The predicted molar refractivity (Wildman–Crippen MR) is 134 cm³/mol. The molecular formula is C28H34F3N5O. The van der Waals surface area contributed by atoms with Gasteiger partial charge >= 0.3 is 6.18 Å². The average molecular weight is 514 g/mol. The summed E-state index contributed by atoms with van der Waals surface area (Å²) in [6, 6.07) is 11.5. The van der Waals surface area contributed by atoms with Crippen LogP contribution in [-0.4, -0.2) is 71.0 Å². The molecule has 4 aliphatic rings. The molecule has 0 radical (unpaired) electrons. The minimum atomic E-state index is -4.45. The van der Waals surface area contributed by atoms with E-state index in [-0.39, 0.29) is 23.8 Å². The number of carbonyl (C=O) groups excluding carboxylic acids is 1. The Bertz CT molecular complexity index is 1090. The number of piperidine rings is 1. The van der Waals surface area contributed by atoms with E-state index < -0.39 is 11.7 Å². The van der Waals surface area contributed by atoms with Gasteiger partial charge in [0.05, 0.1) is 11.6 Å². The minimum Gasteiger partial charge on any atom is -0.341 e. The molecule has 2 saturated carbocycles. The van der Waals surface area contributed by atoms with Crippen LogP contribution in [0.25, 0.3) is 0 Å². The monoisotopic (exact) mass is 513 g/mol. The van der Waals surface area contributed by atoms with E-state index in [1.807, 2.05) is 16.8 Å². The van der Waals surface area contributed by atoms with Crippen LogP contribution in [0.2, 0.25) is 0 Å². The Morgan fingerprint density at radius 1 is 0.946 bits per heavy atom. The molecule has 0 N–H and O–H groups in total. The van der Waals surface area contributed by atoms with Gasteiger partial charge in [-0.1, -0.05) is 30.3 Å². The van der Waals surface area contributed by atoms with E-state index in [0.29, 0.717) is 36.9 Å². The number of amides is 1. The van der Waals surface area contributed by atoms with E-state index in [0.717, 1.165) is 31.9 Å². The normalized spacial score (nSPS) is 31.8. The molecule has 0 bridgehead atoms. The van der Waals surface area contributed by atoms with Gasteiger partial charge in [-0.15, -0.1) is 0 Å². The summed E-state index contributed by atoms with van der Waals surface area (Å²) in [5, 5.41) is 0. The van der Waals surface area contributed by atoms with Crippen LogP contribution in [0, 0.1) is 17.8 Å². The second-order valence-electron chi connectivity index (χ2n) is 11.3. The number of aromatic nitrogens is 2. The molecule has 37 heavy (non-hydrogen) atoms. The maximum absolute atomic E-state index is 13.3. The summed E-state index contributed by atoms with van der Waals surface area (Å²) >= 11 is 0. The van der Waals surface area contributed by atoms with Gasteiger partial charge in [0.15, 0.2) is 0 Å². The fourth-order valence-electron chi connectivity index (χ4n) is 7.01. The molecule has 0 spiro atoms. The molecule has 6 nitrogen and oxygen atoms in total. The van der Waals surface area contributed by atoms with Gasteiger partial charge in [0.25, 0.3) is 0 Å². The Balaban J connectivity index is 0.974. The summed E-state index contributed by atoms with van der Waals surface area (Å²) in [4.78, 5) is 27.5. The molecule has 6 rings (SSSR count). The molecule has 3 heterocycles. The van der Waals surface area contributed by atoms with E-state index in [4.69, 9.17) is 0 Å². The Morgan fingerprint density at radius 3 is 2.22 bits per heavy atom. The number of alkyl halides is 3. The molecule has 1 aromatic heterocycles. The zero-order chi connectivity index (χ0) is 25.7. The standard InChI is InChI=1S/C28H34F3N5O/c1-34(22-11-12-35(15-22)27-32-13-20(14-33-27)28(29,30)31)26(37)25-23-16-36(17-24(23)25)21-9-7-19(8-10-21)18-5-3-2-4-6-18/h2-6,13-14,19,21-25H,7-12,15-17H2,1H3/t19?,21?,22-,23-,24+,25?/m0/s1. The fourth-order valence-corrected chi connectivity index (χ4v) is 7.01. The number of benzene rings is 1. The van der Waals surface area contributed by atoms with Crippen LogP contribution >= 0.6 is 0 Å². The highest BCUT2D eigenvalue weighted by Crippen LogP contribution is 2.54. The van der Waals surface area contributed by atoms with Gasteiger partial charge in [-0.3, -0.25) is 9.69 Å². The van der Waals surface area contributed by atoms with Gasteiger partial charge in [-0.2, -0.15) is 13.2 Å². The largest absolute Gasteiger partial charge is 0.419 e. The minimum absolute atomic E-state index is 0.0316. The Morgan fingerprint density at radius 2 is 1.59 bits per heavy atom. The third-order valence-corrected chi connectivity index (χ3v) is 9.30. The maximum atomic E-state index is 13.3. The fraction of sp³-hybridized carbons (Fsp3) is 0.607. The van der Waals surface area contributed by atoms with Gasteiger partial charge < -0.3 is 9.80 Å². The van der Waals surface area contributed by atoms with Crippen molar-refractivity contribution in [2.75, 3.05) is 38.1 Å². The molecule has 1 amide bonds. The summed E-state index contributed by atoms with van der Waals surface area (Å²) in [6.45, 7) is 3.24. The molecule has 9 heteroatoms. The van der Waals surface area contributed by atoms with Crippen molar-refractivity contribution >= 4 is 11.9 Å². The van der Waals surface area contributed by atoms with E-state index in [9.17, 15) is 18.0 Å². The van der Waals surface area contributed by atoms with Gasteiger partial charge in [0.2, 0.25) is 11.9 Å². The van der Waals surface area contributed by atoms with E-state index in [1.54, 1.807) is 0 Å². The van der Waals surface area contributed by atoms with Crippen molar-refractivity contribution in [1.29, 1.82) is 0 Å². The van der Waals surface area contributed by atoms with Crippen molar-refractivity contribution in [3.63, 3.8) is 0 Å². The topological polar surface area (TPSA) is 52.6 Å². The lowest BCUT2D eigenvalue weighted by atomic mass is 9.81. The average Bonchev–Trinajstić information content (AvgIpc) is 3.25. The Hall–Kier alpha value is -2.68. The van der Waals surface area contributed by atoms with Crippen molar-refractivity contribution in [2.24, 2.45) is 17.8 Å². The van der Waals surface area contributed by atoms with Crippen LogP contribution < -0.4 is 4.90 Å². The number of nitrogens with zero attached hydrogens (tertiary/aromatic N) is 5. The molecule has 4 atom stereocenters. The number of rotatable bonds is 5. The van der Waals surface area contributed by atoms with Crippen molar-refractivity contribution in [2.45, 2.75) is 56.3 Å². The smallest absolute Gasteiger partial charge is 0.341 e. The number of halogens is 3. The Kier molecular flexibility index (Phi) is 6.37. The first-order valence-electron chi connectivity index (χ1n) is 13.5. The van der Waals surface area contributed by atoms with E-state index in [2.05, 4.69) is 45.2 Å². The summed E-state index contributed by atoms with van der Waals surface area (Å²) in [6.07, 6.45) is 2.94. The molecule has 2 aromatic rings. The highest BCUT2D eigenvalue weighted by Gasteiger charge is 2.61. The number of hydrogen-bond acceptors (Lipinski definition) is 5. The lowest BCUT2D eigenvalue weighted by Crippen LogP contribution is -2.43. The highest BCUT2D eigenvalue weighted by atomic mass is 19.4. The summed E-state index contributed by atoms with van der Waals surface area (Å²) in [5.41, 5.74) is 0.618. The van der Waals surface area contributed by atoms with E-state index >= 15 is 0 Å². The van der Waals surface area contributed by atoms with Gasteiger partial charge in [0, 0.05) is 57.6 Å². The maximum Gasteiger partial charge on any atom is 0.419 e. The van der Waals surface area contributed by atoms with Crippen LogP contribution in [0.3, 0.4) is 0 Å². The van der Waals surface area contributed by atoms with Crippen molar-refractivity contribution in [1.82, 2.24) is 19.8 Å². The Labute approximate surface area is 215 Å². The van der Waals surface area contributed by atoms with Gasteiger partial charge in [0.1, 0.15) is 0 Å². The van der Waals surface area contributed by atoms with E-state index in [1.165, 1.54) is 31.2 Å². The molecule has 2 saturated heterocycles. The second-order valence-corrected chi connectivity index (χ2v) is 11.3. The zero-order valence-electron chi connectivity index (χ0n) is 21.1. The molecule has 2 aliphatic heterocycles. The van der Waals surface area contributed by atoms with Crippen LogP contribution in [0.15, 0.2) is 42.7 Å². The number of carbonyl (C=O) groups is 1. The van der Waals surface area contributed by atoms with Crippen LogP contribution in [0.5, 0.6) is 0 Å². The third-order valence-electron chi connectivity index (χ3n) is 9.30. The van der Waals surface area contributed by atoms with Crippen LogP contribution in [0.1, 0.15) is 49.1 Å². The van der Waals surface area contributed by atoms with Crippen molar-refractivity contribution < 1.29 is 18.0 Å². The molecule has 2 aliphatic carbocycles. The molecule has 198 valence electrons. The number of likely N-dealkylation sites (N-methyl/N-ethyl adjacent to an activating group) is 1. The summed E-state index contributed by atoms with van der Waals surface area (Å²) in [7, 11) is 1.88. The first-order chi connectivity index (χ1) is 17.8. The highest BCUT2D eigenvalue weighted by molar-refractivity contribution is 5.83. The third kappa shape index (κ3) is 4.82. The van der Waals surface area contributed by atoms with Gasteiger partial charge in [-0.05, 0) is 55.4 Å². The van der Waals surface area contributed by atoms with Gasteiger partial charge in [-0.25, -0.2) is 9.97 Å².